The molecule has 1 atom stereocenters. The van der Waals surface area contributed by atoms with Gasteiger partial charge in [0.15, 0.2) is 0 Å². The summed E-state index contributed by atoms with van der Waals surface area (Å²) < 4.78 is 5.18. The molecule has 1 heterocycles. The van der Waals surface area contributed by atoms with Crippen LogP contribution >= 0.6 is 0 Å². The zero-order valence-corrected chi connectivity index (χ0v) is 11.3. The van der Waals surface area contributed by atoms with Crippen LogP contribution in [0.1, 0.15) is 6.92 Å². The lowest BCUT2D eigenvalue weighted by Crippen LogP contribution is -2.49. The van der Waals surface area contributed by atoms with E-state index in [0.29, 0.717) is 0 Å². The molecule has 2 rings (SSSR count). The van der Waals surface area contributed by atoms with E-state index >= 15 is 0 Å². The van der Waals surface area contributed by atoms with Gasteiger partial charge >= 0.3 is 0 Å². The number of hydrogen-bond acceptors (Lipinski definition) is 4. The Labute approximate surface area is 109 Å². The molecule has 0 spiro atoms. The van der Waals surface area contributed by atoms with Gasteiger partial charge in [-0.3, -0.25) is 4.90 Å². The molecule has 2 N–H and O–H groups in total. The molecule has 1 fully saturated rings. The molecule has 18 heavy (non-hydrogen) atoms. The van der Waals surface area contributed by atoms with Crippen molar-refractivity contribution >= 4 is 5.69 Å². The lowest BCUT2D eigenvalue weighted by Gasteiger charge is -2.36. The molecule has 100 valence electrons. The van der Waals surface area contributed by atoms with Crippen LogP contribution in [-0.2, 0) is 0 Å². The number of anilines is 1. The lowest BCUT2D eigenvalue weighted by molar-refractivity contribution is 0.247. The van der Waals surface area contributed by atoms with E-state index in [1.165, 1.54) is 5.69 Å². The number of rotatable bonds is 4. The smallest absolute Gasteiger partial charge is 0.119 e. The molecule has 0 radical (unpaired) electrons. The van der Waals surface area contributed by atoms with Crippen molar-refractivity contribution in [3.63, 3.8) is 0 Å². The van der Waals surface area contributed by atoms with Gasteiger partial charge in [0.05, 0.1) is 7.11 Å². The number of benzene rings is 1. The Balaban J connectivity index is 1.88. The van der Waals surface area contributed by atoms with Gasteiger partial charge in [0.25, 0.3) is 0 Å². The lowest BCUT2D eigenvalue weighted by atomic mass is 10.2. The Bertz CT molecular complexity index is 356. The zero-order valence-electron chi connectivity index (χ0n) is 11.3. The SMILES string of the molecule is COc1ccc(N2CCN(C[C@@H](C)N)CC2)cc1. The highest BCUT2D eigenvalue weighted by Crippen LogP contribution is 2.20. The van der Waals surface area contributed by atoms with Crippen LogP contribution in [0.15, 0.2) is 24.3 Å². The Kier molecular flexibility index (Phi) is 4.44. The van der Waals surface area contributed by atoms with Gasteiger partial charge in [-0.05, 0) is 31.2 Å². The van der Waals surface area contributed by atoms with E-state index in [4.69, 9.17) is 10.5 Å². The van der Waals surface area contributed by atoms with Crippen molar-refractivity contribution in [2.75, 3.05) is 44.7 Å². The first-order valence-corrected chi connectivity index (χ1v) is 6.56. The summed E-state index contributed by atoms with van der Waals surface area (Å²) in [5.41, 5.74) is 7.11. The van der Waals surface area contributed by atoms with Crippen LogP contribution in [0.2, 0.25) is 0 Å². The van der Waals surface area contributed by atoms with E-state index in [2.05, 4.69) is 28.9 Å². The van der Waals surface area contributed by atoms with Crippen LogP contribution in [0, 0.1) is 0 Å². The second kappa shape index (κ2) is 6.07. The van der Waals surface area contributed by atoms with Gasteiger partial charge in [-0.2, -0.15) is 0 Å². The predicted octanol–water partition coefficient (Wildman–Crippen LogP) is 1.16. The minimum Gasteiger partial charge on any atom is -0.497 e. The third-order valence-corrected chi connectivity index (χ3v) is 3.36. The Morgan fingerprint density at radius 1 is 1.17 bits per heavy atom. The van der Waals surface area contributed by atoms with E-state index in [1.807, 2.05) is 12.1 Å². The van der Waals surface area contributed by atoms with E-state index in [9.17, 15) is 0 Å². The molecule has 0 aliphatic carbocycles. The average molecular weight is 249 g/mol. The summed E-state index contributed by atoms with van der Waals surface area (Å²) in [7, 11) is 1.70. The Morgan fingerprint density at radius 3 is 2.28 bits per heavy atom. The summed E-state index contributed by atoms with van der Waals surface area (Å²) in [6.07, 6.45) is 0. The molecular formula is C14H23N3O. The third-order valence-electron chi connectivity index (χ3n) is 3.36. The minimum atomic E-state index is 0.262. The fourth-order valence-corrected chi connectivity index (χ4v) is 2.39. The number of hydrogen-bond donors (Lipinski definition) is 1. The van der Waals surface area contributed by atoms with Gasteiger partial charge in [-0.15, -0.1) is 0 Å². The maximum Gasteiger partial charge on any atom is 0.119 e. The highest BCUT2D eigenvalue weighted by molar-refractivity contribution is 5.49. The van der Waals surface area contributed by atoms with E-state index in [0.717, 1.165) is 38.5 Å². The molecule has 0 amide bonds. The van der Waals surface area contributed by atoms with Crippen LogP contribution in [-0.4, -0.2) is 50.8 Å². The van der Waals surface area contributed by atoms with Crippen molar-refractivity contribution in [3.8, 4) is 5.75 Å². The van der Waals surface area contributed by atoms with E-state index in [1.54, 1.807) is 7.11 Å². The highest BCUT2D eigenvalue weighted by atomic mass is 16.5. The molecule has 0 aromatic heterocycles. The van der Waals surface area contributed by atoms with Crippen LogP contribution < -0.4 is 15.4 Å². The Hall–Kier alpha value is -1.26. The van der Waals surface area contributed by atoms with Gasteiger partial charge < -0.3 is 15.4 Å². The van der Waals surface area contributed by atoms with E-state index < -0.39 is 0 Å². The highest BCUT2D eigenvalue weighted by Gasteiger charge is 2.17. The second-order valence-corrected chi connectivity index (χ2v) is 4.96. The summed E-state index contributed by atoms with van der Waals surface area (Å²) in [5, 5.41) is 0. The number of ether oxygens (including phenoxy) is 1. The molecule has 1 aromatic rings. The molecule has 1 saturated heterocycles. The van der Waals surface area contributed by atoms with Gasteiger partial charge in [-0.1, -0.05) is 0 Å². The minimum absolute atomic E-state index is 0.262. The summed E-state index contributed by atoms with van der Waals surface area (Å²) >= 11 is 0. The topological polar surface area (TPSA) is 41.7 Å². The maximum atomic E-state index is 5.83. The second-order valence-electron chi connectivity index (χ2n) is 4.96. The summed E-state index contributed by atoms with van der Waals surface area (Å²) in [6, 6.07) is 8.55. The van der Waals surface area contributed by atoms with Crippen molar-refractivity contribution in [3.05, 3.63) is 24.3 Å². The summed E-state index contributed by atoms with van der Waals surface area (Å²) in [6.45, 7) is 7.38. The van der Waals surface area contributed by atoms with Gasteiger partial charge in [0.1, 0.15) is 5.75 Å². The van der Waals surface area contributed by atoms with Crippen molar-refractivity contribution in [2.45, 2.75) is 13.0 Å². The van der Waals surface area contributed by atoms with Gasteiger partial charge in [0, 0.05) is 44.5 Å². The quantitative estimate of drug-likeness (QED) is 0.869. The average Bonchev–Trinajstić information content (AvgIpc) is 2.39. The molecule has 1 aliphatic heterocycles. The van der Waals surface area contributed by atoms with Crippen LogP contribution in [0.4, 0.5) is 5.69 Å². The normalized spacial score (nSPS) is 18.7. The molecule has 0 unspecified atom stereocenters. The number of methoxy groups -OCH3 is 1. The van der Waals surface area contributed by atoms with Gasteiger partial charge in [0.2, 0.25) is 0 Å². The Morgan fingerprint density at radius 2 is 1.78 bits per heavy atom. The number of nitrogens with zero attached hydrogens (tertiary/aromatic N) is 2. The largest absolute Gasteiger partial charge is 0.497 e. The van der Waals surface area contributed by atoms with E-state index in [-0.39, 0.29) is 6.04 Å². The molecular weight excluding hydrogens is 226 g/mol. The number of nitrogens with two attached hydrogens (primary N) is 1. The standard InChI is InChI=1S/C14H23N3O/c1-12(15)11-16-7-9-17(10-8-16)13-3-5-14(18-2)6-4-13/h3-6,12H,7-11,15H2,1-2H3/t12-/m1/s1. The first kappa shape index (κ1) is 13.2. The summed E-state index contributed by atoms with van der Waals surface area (Å²) in [4.78, 5) is 4.85. The van der Waals surface area contributed by atoms with Crippen molar-refractivity contribution < 1.29 is 4.74 Å². The molecule has 4 nitrogen and oxygen atoms in total. The maximum absolute atomic E-state index is 5.83. The molecule has 0 bridgehead atoms. The van der Waals surface area contributed by atoms with Crippen LogP contribution in [0.3, 0.4) is 0 Å². The fraction of sp³-hybridized carbons (Fsp3) is 0.571. The predicted molar refractivity (Wildman–Crippen MR) is 75.3 cm³/mol. The van der Waals surface area contributed by atoms with Crippen LogP contribution in [0.25, 0.3) is 0 Å². The molecule has 1 aliphatic rings. The molecule has 0 saturated carbocycles. The van der Waals surface area contributed by atoms with Crippen molar-refractivity contribution in [2.24, 2.45) is 5.73 Å². The van der Waals surface area contributed by atoms with Gasteiger partial charge in [-0.25, -0.2) is 0 Å². The number of piperazine rings is 1. The zero-order chi connectivity index (χ0) is 13.0. The third kappa shape index (κ3) is 3.37. The molecule has 4 heteroatoms. The first-order chi connectivity index (χ1) is 8.69. The summed E-state index contributed by atoms with van der Waals surface area (Å²) in [5.74, 6) is 0.911. The fourth-order valence-electron chi connectivity index (χ4n) is 2.39. The monoisotopic (exact) mass is 249 g/mol. The first-order valence-electron chi connectivity index (χ1n) is 6.56. The van der Waals surface area contributed by atoms with Crippen molar-refractivity contribution in [1.29, 1.82) is 0 Å². The van der Waals surface area contributed by atoms with Crippen LogP contribution in [0.5, 0.6) is 5.75 Å². The van der Waals surface area contributed by atoms with Crippen molar-refractivity contribution in [1.82, 2.24) is 4.90 Å². The molecule has 1 aromatic carbocycles.